The van der Waals surface area contributed by atoms with Crippen LogP contribution in [0.1, 0.15) is 30.4 Å². The molecule has 2 aliphatic carbocycles. The molecule has 0 radical (unpaired) electrons. The summed E-state index contributed by atoms with van der Waals surface area (Å²) < 4.78 is 11.5. The number of benzene rings is 1. The monoisotopic (exact) mass is 310 g/mol. The summed E-state index contributed by atoms with van der Waals surface area (Å²) in [6, 6.07) is 6.57. The molecule has 0 spiro atoms. The zero-order valence-corrected chi connectivity index (χ0v) is 12.3. The van der Waals surface area contributed by atoms with Crippen molar-refractivity contribution < 1.29 is 9.47 Å². The molecule has 0 bridgehead atoms. The van der Waals surface area contributed by atoms with Crippen LogP contribution in [0.5, 0.6) is 5.75 Å². The van der Waals surface area contributed by atoms with Crippen LogP contribution in [0.15, 0.2) is 18.2 Å². The highest BCUT2D eigenvalue weighted by atomic mass is 79.9. The molecule has 0 saturated heterocycles. The molecule has 0 aromatic heterocycles. The van der Waals surface area contributed by atoms with Crippen LogP contribution in [0.4, 0.5) is 0 Å². The molecule has 2 nitrogen and oxygen atoms in total. The molecule has 0 amide bonds. The van der Waals surface area contributed by atoms with Gasteiger partial charge in [-0.3, -0.25) is 0 Å². The fourth-order valence-corrected chi connectivity index (χ4v) is 3.82. The first-order valence-corrected chi connectivity index (χ1v) is 7.65. The van der Waals surface area contributed by atoms with Crippen molar-refractivity contribution in [3.8, 4) is 5.75 Å². The topological polar surface area (TPSA) is 18.5 Å². The van der Waals surface area contributed by atoms with Crippen molar-refractivity contribution in [2.75, 3.05) is 7.11 Å². The van der Waals surface area contributed by atoms with Gasteiger partial charge in [-0.2, -0.15) is 0 Å². The van der Waals surface area contributed by atoms with Gasteiger partial charge in [-0.25, -0.2) is 0 Å². The van der Waals surface area contributed by atoms with Gasteiger partial charge in [0, 0.05) is 18.4 Å². The van der Waals surface area contributed by atoms with E-state index in [4.69, 9.17) is 9.47 Å². The number of aryl methyl sites for hydroxylation is 2. The van der Waals surface area contributed by atoms with Gasteiger partial charge in [0.1, 0.15) is 18.0 Å². The number of halogens is 1. The lowest BCUT2D eigenvalue weighted by molar-refractivity contribution is -0.0545. The van der Waals surface area contributed by atoms with E-state index in [0.29, 0.717) is 4.83 Å². The normalized spacial score (nSPS) is 30.4. The molecule has 0 aliphatic heterocycles. The van der Waals surface area contributed by atoms with Gasteiger partial charge >= 0.3 is 0 Å². The molecule has 3 atom stereocenters. The van der Waals surface area contributed by atoms with Gasteiger partial charge in [0.05, 0.1) is 0 Å². The van der Waals surface area contributed by atoms with Crippen molar-refractivity contribution in [2.24, 2.45) is 0 Å². The summed E-state index contributed by atoms with van der Waals surface area (Å²) in [5.74, 6) is 1.00. The average molecular weight is 311 g/mol. The Hall–Kier alpha value is -0.540. The standard InChI is InChI=1S/C15H19BrO2/c1-17-15-13(16)9-14(15)18-12-7-6-10-4-2-3-5-11(10)8-12/h6-8,13-15H,2-5,9H2,1H3. The van der Waals surface area contributed by atoms with Crippen LogP contribution in [0.3, 0.4) is 0 Å². The summed E-state index contributed by atoms with van der Waals surface area (Å²) in [5.41, 5.74) is 2.98. The van der Waals surface area contributed by atoms with E-state index in [-0.39, 0.29) is 12.2 Å². The smallest absolute Gasteiger partial charge is 0.127 e. The predicted molar refractivity (Wildman–Crippen MR) is 75.6 cm³/mol. The van der Waals surface area contributed by atoms with Gasteiger partial charge in [-0.05, 0) is 48.9 Å². The average Bonchev–Trinajstić information content (AvgIpc) is 2.38. The Morgan fingerprint density at radius 3 is 2.67 bits per heavy atom. The summed E-state index contributed by atoms with van der Waals surface area (Å²) in [7, 11) is 1.75. The minimum Gasteiger partial charge on any atom is -0.488 e. The van der Waals surface area contributed by atoms with Crippen LogP contribution in [0, 0.1) is 0 Å². The van der Waals surface area contributed by atoms with Gasteiger partial charge in [0.15, 0.2) is 0 Å². The van der Waals surface area contributed by atoms with E-state index in [1.54, 1.807) is 7.11 Å². The van der Waals surface area contributed by atoms with E-state index in [9.17, 15) is 0 Å². The van der Waals surface area contributed by atoms with Crippen LogP contribution in [-0.2, 0) is 17.6 Å². The lowest BCUT2D eigenvalue weighted by Gasteiger charge is -2.40. The van der Waals surface area contributed by atoms with E-state index in [2.05, 4.69) is 34.1 Å². The molecule has 3 rings (SSSR count). The van der Waals surface area contributed by atoms with Crippen LogP contribution >= 0.6 is 15.9 Å². The van der Waals surface area contributed by atoms with E-state index in [1.807, 2.05) is 0 Å². The lowest BCUT2D eigenvalue weighted by atomic mass is 9.90. The number of hydrogen-bond donors (Lipinski definition) is 0. The second kappa shape index (κ2) is 5.22. The van der Waals surface area contributed by atoms with E-state index < -0.39 is 0 Å². The molecule has 1 aromatic carbocycles. The molecule has 3 unspecified atom stereocenters. The Morgan fingerprint density at radius 1 is 1.17 bits per heavy atom. The Kier molecular flexibility index (Phi) is 3.62. The molecule has 1 aromatic rings. The molecule has 0 N–H and O–H groups in total. The molecule has 3 heteroatoms. The van der Waals surface area contributed by atoms with Crippen molar-refractivity contribution in [1.29, 1.82) is 0 Å². The zero-order chi connectivity index (χ0) is 12.5. The maximum atomic E-state index is 6.04. The minimum absolute atomic E-state index is 0.182. The molecule has 1 fully saturated rings. The van der Waals surface area contributed by atoms with Gasteiger partial charge in [-0.1, -0.05) is 22.0 Å². The highest BCUT2D eigenvalue weighted by Gasteiger charge is 2.41. The fraction of sp³-hybridized carbons (Fsp3) is 0.600. The maximum absolute atomic E-state index is 6.04. The zero-order valence-electron chi connectivity index (χ0n) is 10.7. The molecule has 98 valence electrons. The second-order valence-corrected chi connectivity index (χ2v) is 6.42. The van der Waals surface area contributed by atoms with Crippen molar-refractivity contribution >= 4 is 15.9 Å². The Morgan fingerprint density at radius 2 is 1.94 bits per heavy atom. The highest BCUT2D eigenvalue weighted by Crippen LogP contribution is 2.34. The van der Waals surface area contributed by atoms with Gasteiger partial charge in [-0.15, -0.1) is 0 Å². The van der Waals surface area contributed by atoms with E-state index in [1.165, 1.54) is 36.8 Å². The summed E-state index contributed by atoms with van der Waals surface area (Å²) >= 11 is 3.60. The Bertz CT molecular complexity index is 433. The first-order chi connectivity index (χ1) is 8.78. The first kappa shape index (κ1) is 12.5. The molecule has 18 heavy (non-hydrogen) atoms. The summed E-state index contributed by atoms with van der Waals surface area (Å²) in [4.78, 5) is 0.435. The van der Waals surface area contributed by atoms with Gasteiger partial charge < -0.3 is 9.47 Å². The highest BCUT2D eigenvalue weighted by molar-refractivity contribution is 9.09. The number of rotatable bonds is 3. The van der Waals surface area contributed by atoms with Crippen molar-refractivity contribution in [3.63, 3.8) is 0 Å². The van der Waals surface area contributed by atoms with Crippen molar-refractivity contribution in [1.82, 2.24) is 0 Å². The lowest BCUT2D eigenvalue weighted by Crippen LogP contribution is -2.51. The van der Waals surface area contributed by atoms with Crippen LogP contribution in [0.25, 0.3) is 0 Å². The van der Waals surface area contributed by atoms with Crippen molar-refractivity contribution in [3.05, 3.63) is 29.3 Å². The number of methoxy groups -OCH3 is 1. The number of hydrogen-bond acceptors (Lipinski definition) is 2. The summed E-state index contributed by atoms with van der Waals surface area (Å²) in [6.07, 6.45) is 6.46. The molecular formula is C15H19BrO2. The van der Waals surface area contributed by atoms with E-state index in [0.717, 1.165) is 12.2 Å². The fourth-order valence-electron chi connectivity index (χ4n) is 2.90. The van der Waals surface area contributed by atoms with Crippen molar-refractivity contribution in [2.45, 2.75) is 49.1 Å². The number of alkyl halides is 1. The number of fused-ring (bicyclic) bond motifs is 1. The van der Waals surface area contributed by atoms with Crippen LogP contribution < -0.4 is 4.74 Å². The van der Waals surface area contributed by atoms with Crippen LogP contribution in [-0.4, -0.2) is 24.1 Å². The first-order valence-electron chi connectivity index (χ1n) is 6.73. The minimum atomic E-state index is 0.182. The predicted octanol–water partition coefficient (Wildman–Crippen LogP) is 3.50. The SMILES string of the molecule is COC1C(Br)CC1Oc1ccc2c(c1)CCCC2. The summed E-state index contributed by atoms with van der Waals surface area (Å²) in [5, 5.41) is 0. The molecule has 2 aliphatic rings. The molecule has 0 heterocycles. The Labute approximate surface area is 117 Å². The third-order valence-electron chi connectivity index (χ3n) is 4.06. The third-order valence-corrected chi connectivity index (χ3v) is 4.95. The van der Waals surface area contributed by atoms with Crippen LogP contribution in [0.2, 0.25) is 0 Å². The molecular weight excluding hydrogens is 292 g/mol. The van der Waals surface area contributed by atoms with Gasteiger partial charge in [0.25, 0.3) is 0 Å². The quantitative estimate of drug-likeness (QED) is 0.796. The molecule has 1 saturated carbocycles. The van der Waals surface area contributed by atoms with E-state index >= 15 is 0 Å². The summed E-state index contributed by atoms with van der Waals surface area (Å²) in [6.45, 7) is 0. The maximum Gasteiger partial charge on any atom is 0.127 e. The van der Waals surface area contributed by atoms with Gasteiger partial charge in [0.2, 0.25) is 0 Å². The third kappa shape index (κ3) is 2.30. The number of ether oxygens (including phenoxy) is 2. The Balaban J connectivity index is 1.70. The second-order valence-electron chi connectivity index (χ2n) is 5.25. The largest absolute Gasteiger partial charge is 0.488 e.